The molecule has 0 aromatic heterocycles. The lowest BCUT2D eigenvalue weighted by Crippen LogP contribution is -2.36. The van der Waals surface area contributed by atoms with Gasteiger partial charge in [0.15, 0.2) is 11.5 Å². The lowest BCUT2D eigenvalue weighted by atomic mass is 10.1. The van der Waals surface area contributed by atoms with Crippen molar-refractivity contribution in [3.63, 3.8) is 0 Å². The second kappa shape index (κ2) is 9.01. The fourth-order valence-electron chi connectivity index (χ4n) is 4.44. The zero-order chi connectivity index (χ0) is 23.7. The number of carbonyl (C=O) groups is 3. The molecule has 2 aliphatic rings. The summed E-state index contributed by atoms with van der Waals surface area (Å²) in [4.78, 5) is 41.3. The highest BCUT2D eigenvalue weighted by molar-refractivity contribution is 6.05. The Morgan fingerprint density at radius 1 is 0.970 bits per heavy atom. The molecule has 1 atom stereocenters. The van der Waals surface area contributed by atoms with E-state index in [9.17, 15) is 14.4 Å². The van der Waals surface area contributed by atoms with Gasteiger partial charge in [-0.3, -0.25) is 9.59 Å². The monoisotopic (exact) mass is 454 g/mol. The number of rotatable bonds is 6. The van der Waals surface area contributed by atoms with Gasteiger partial charge < -0.3 is 28.7 Å². The molecule has 2 aromatic carbocycles. The number of carbonyl (C=O) groups excluding carboxylic acids is 3. The van der Waals surface area contributed by atoms with Crippen molar-refractivity contribution in [3.8, 4) is 17.2 Å². The number of anilines is 2. The molecule has 1 unspecified atom stereocenters. The van der Waals surface area contributed by atoms with Gasteiger partial charge in [-0.25, -0.2) is 4.79 Å². The molecule has 2 amide bonds. The topological polar surface area (TPSA) is 94.6 Å². The van der Waals surface area contributed by atoms with Crippen LogP contribution < -0.4 is 24.0 Å². The molecule has 0 N–H and O–H groups in total. The van der Waals surface area contributed by atoms with Crippen LogP contribution in [0.4, 0.5) is 11.4 Å². The van der Waals surface area contributed by atoms with Gasteiger partial charge in [0.05, 0.1) is 45.6 Å². The number of fused-ring (bicyclic) bond motifs is 1. The van der Waals surface area contributed by atoms with Gasteiger partial charge >= 0.3 is 5.97 Å². The molecule has 1 saturated heterocycles. The number of benzene rings is 2. The second-order valence-corrected chi connectivity index (χ2v) is 7.86. The zero-order valence-electron chi connectivity index (χ0n) is 19.0. The van der Waals surface area contributed by atoms with Crippen molar-refractivity contribution in [1.29, 1.82) is 0 Å². The average Bonchev–Trinajstić information content (AvgIpc) is 3.45. The maximum absolute atomic E-state index is 13.3. The van der Waals surface area contributed by atoms with E-state index >= 15 is 0 Å². The fourth-order valence-corrected chi connectivity index (χ4v) is 4.44. The Morgan fingerprint density at radius 3 is 2.27 bits per heavy atom. The Morgan fingerprint density at radius 2 is 1.67 bits per heavy atom. The van der Waals surface area contributed by atoms with Gasteiger partial charge in [0, 0.05) is 37.3 Å². The highest BCUT2D eigenvalue weighted by Gasteiger charge is 2.39. The third kappa shape index (κ3) is 3.94. The van der Waals surface area contributed by atoms with E-state index in [2.05, 4.69) is 0 Å². The van der Waals surface area contributed by atoms with Crippen LogP contribution in [0, 0.1) is 5.92 Å². The summed E-state index contributed by atoms with van der Waals surface area (Å²) in [6, 6.07) is 8.58. The Kier molecular flexibility index (Phi) is 6.13. The van der Waals surface area contributed by atoms with Crippen LogP contribution in [0.2, 0.25) is 0 Å². The van der Waals surface area contributed by atoms with Crippen molar-refractivity contribution in [2.45, 2.75) is 12.8 Å². The number of amides is 2. The minimum Gasteiger partial charge on any atom is -0.493 e. The Hall–Kier alpha value is -3.75. The van der Waals surface area contributed by atoms with E-state index in [1.165, 1.54) is 28.4 Å². The lowest BCUT2D eigenvalue weighted by Gasteiger charge is -2.23. The highest BCUT2D eigenvalue weighted by Crippen LogP contribution is 2.42. The van der Waals surface area contributed by atoms with Gasteiger partial charge in [-0.2, -0.15) is 0 Å². The van der Waals surface area contributed by atoms with Gasteiger partial charge in [-0.05, 0) is 30.2 Å². The summed E-state index contributed by atoms with van der Waals surface area (Å²) in [6.07, 6.45) is 0.755. The van der Waals surface area contributed by atoms with Crippen molar-refractivity contribution in [3.05, 3.63) is 41.5 Å². The molecule has 174 valence electrons. The van der Waals surface area contributed by atoms with Crippen molar-refractivity contribution in [1.82, 2.24) is 0 Å². The van der Waals surface area contributed by atoms with Crippen LogP contribution in [0.3, 0.4) is 0 Å². The Balaban J connectivity index is 1.55. The van der Waals surface area contributed by atoms with Gasteiger partial charge in [0.25, 0.3) is 0 Å². The van der Waals surface area contributed by atoms with Crippen LogP contribution >= 0.6 is 0 Å². The van der Waals surface area contributed by atoms with E-state index in [4.69, 9.17) is 18.9 Å². The van der Waals surface area contributed by atoms with Crippen LogP contribution in [0.5, 0.6) is 17.2 Å². The van der Waals surface area contributed by atoms with E-state index in [0.29, 0.717) is 41.5 Å². The zero-order valence-corrected chi connectivity index (χ0v) is 19.0. The summed E-state index contributed by atoms with van der Waals surface area (Å²) in [5, 5.41) is 0. The smallest absolute Gasteiger partial charge is 0.337 e. The summed E-state index contributed by atoms with van der Waals surface area (Å²) < 4.78 is 20.9. The number of nitrogens with zero attached hydrogens (tertiary/aromatic N) is 2. The molecule has 2 aromatic rings. The molecule has 0 saturated carbocycles. The van der Waals surface area contributed by atoms with E-state index < -0.39 is 11.9 Å². The van der Waals surface area contributed by atoms with Gasteiger partial charge in [-0.1, -0.05) is 0 Å². The molecular weight excluding hydrogens is 428 g/mol. The molecule has 9 nitrogen and oxygen atoms in total. The minimum absolute atomic E-state index is 0.108. The number of ether oxygens (including phenoxy) is 4. The summed E-state index contributed by atoms with van der Waals surface area (Å²) in [7, 11) is 5.87. The SMILES string of the molecule is COC(=O)c1ccc2c(c1)CCN2C(=O)C1CC(=O)N(c2cc(OC)c(OC)c(OC)c2)C1. The largest absolute Gasteiger partial charge is 0.493 e. The van der Waals surface area contributed by atoms with Crippen LogP contribution in [0.15, 0.2) is 30.3 Å². The molecular formula is C24H26N2O7. The van der Waals surface area contributed by atoms with E-state index in [1.54, 1.807) is 40.1 Å². The van der Waals surface area contributed by atoms with Crippen LogP contribution in [0.25, 0.3) is 0 Å². The Labute approximate surface area is 191 Å². The predicted molar refractivity (Wildman–Crippen MR) is 120 cm³/mol. The van der Waals surface area contributed by atoms with Crippen LogP contribution in [-0.4, -0.2) is 59.3 Å². The fraction of sp³-hybridized carbons (Fsp3) is 0.375. The molecule has 2 heterocycles. The van der Waals surface area contributed by atoms with Gasteiger partial charge in [-0.15, -0.1) is 0 Å². The predicted octanol–water partition coefficient (Wildman–Crippen LogP) is 2.44. The van der Waals surface area contributed by atoms with Gasteiger partial charge in [0.1, 0.15) is 0 Å². The Bertz CT molecular complexity index is 1090. The molecule has 1 fully saturated rings. The van der Waals surface area contributed by atoms with E-state index in [0.717, 1.165) is 11.3 Å². The summed E-state index contributed by atoms with van der Waals surface area (Å²) >= 11 is 0. The van der Waals surface area contributed by atoms with Crippen LogP contribution in [-0.2, 0) is 20.7 Å². The van der Waals surface area contributed by atoms with Crippen molar-refractivity contribution in [2.75, 3.05) is 51.3 Å². The number of methoxy groups -OCH3 is 4. The third-order valence-corrected chi connectivity index (χ3v) is 6.10. The molecule has 33 heavy (non-hydrogen) atoms. The normalized spacial score (nSPS) is 17.1. The first-order chi connectivity index (χ1) is 15.9. The number of hydrogen-bond acceptors (Lipinski definition) is 7. The molecule has 9 heteroatoms. The maximum Gasteiger partial charge on any atom is 0.337 e. The maximum atomic E-state index is 13.3. The standard InChI is InChI=1S/C24H26N2O7/c1-30-19-11-17(12-20(31-2)22(19)32-3)26-13-16(10-21(26)27)23(28)25-8-7-14-9-15(24(29)33-4)5-6-18(14)25/h5-6,9,11-12,16H,7-8,10,13H2,1-4H3. The average molecular weight is 454 g/mol. The number of hydrogen-bond donors (Lipinski definition) is 0. The van der Waals surface area contributed by atoms with Crippen LogP contribution in [0.1, 0.15) is 22.3 Å². The molecule has 0 aliphatic carbocycles. The first kappa shape index (κ1) is 22.4. The van der Waals surface area contributed by atoms with E-state index in [-0.39, 0.29) is 24.8 Å². The molecule has 2 aliphatic heterocycles. The first-order valence-electron chi connectivity index (χ1n) is 10.5. The quantitative estimate of drug-likeness (QED) is 0.619. The molecule has 0 bridgehead atoms. The highest BCUT2D eigenvalue weighted by atomic mass is 16.5. The minimum atomic E-state index is -0.483. The third-order valence-electron chi connectivity index (χ3n) is 6.10. The number of esters is 1. The van der Waals surface area contributed by atoms with E-state index in [1.807, 2.05) is 0 Å². The summed E-state index contributed by atoms with van der Waals surface area (Å²) in [5.41, 5.74) is 2.72. The van der Waals surface area contributed by atoms with Crippen molar-refractivity contribution >= 4 is 29.2 Å². The molecule has 0 radical (unpaired) electrons. The lowest BCUT2D eigenvalue weighted by molar-refractivity contribution is -0.124. The summed E-state index contributed by atoms with van der Waals surface area (Å²) in [5.74, 6) is 0.148. The first-order valence-corrected chi connectivity index (χ1v) is 10.5. The molecule has 0 spiro atoms. The molecule has 4 rings (SSSR count). The van der Waals surface area contributed by atoms with Crippen molar-refractivity contribution in [2.24, 2.45) is 5.92 Å². The van der Waals surface area contributed by atoms with Crippen molar-refractivity contribution < 1.29 is 33.3 Å². The van der Waals surface area contributed by atoms with Gasteiger partial charge in [0.2, 0.25) is 17.6 Å². The second-order valence-electron chi connectivity index (χ2n) is 7.86. The summed E-state index contributed by atoms with van der Waals surface area (Å²) in [6.45, 7) is 0.760.